The van der Waals surface area contributed by atoms with Crippen molar-refractivity contribution in [3.05, 3.63) is 53.6 Å². The van der Waals surface area contributed by atoms with Crippen LogP contribution in [-0.4, -0.2) is 84.4 Å². The van der Waals surface area contributed by atoms with Gasteiger partial charge in [-0.1, -0.05) is 32.0 Å². The minimum atomic E-state index is -0.492. The van der Waals surface area contributed by atoms with Crippen molar-refractivity contribution in [1.82, 2.24) is 10.6 Å². The smallest absolute Gasteiger partial charge is 0.225 e. The lowest BCUT2D eigenvalue weighted by Crippen LogP contribution is -2.51. The van der Waals surface area contributed by atoms with E-state index in [4.69, 9.17) is 23.7 Å². The summed E-state index contributed by atoms with van der Waals surface area (Å²) in [6.45, 7) is 10.0. The van der Waals surface area contributed by atoms with Gasteiger partial charge in [-0.2, -0.15) is 0 Å². The zero-order valence-corrected chi connectivity index (χ0v) is 26.9. The lowest BCUT2D eigenvalue weighted by atomic mass is 9.77. The van der Waals surface area contributed by atoms with Crippen LogP contribution in [-0.2, 0) is 25.6 Å². The lowest BCUT2D eigenvalue weighted by molar-refractivity contribution is -0.131. The van der Waals surface area contributed by atoms with E-state index in [0.717, 1.165) is 81.1 Å². The van der Waals surface area contributed by atoms with E-state index in [9.17, 15) is 4.79 Å². The highest BCUT2D eigenvalue weighted by atomic mass is 16.5. The number of nitrogens with one attached hydrogen (secondary N) is 2. The zero-order chi connectivity index (χ0) is 30.9. The molecule has 9 heteroatoms. The van der Waals surface area contributed by atoms with Crippen molar-refractivity contribution in [1.29, 1.82) is 0 Å². The minimum Gasteiger partial charge on any atom is -0.497 e. The molecule has 2 saturated heterocycles. The highest BCUT2D eigenvalue weighted by Gasteiger charge is 2.38. The molecular formula is C35H51N3O6. The number of hydrogen-bond donors (Lipinski definition) is 2. The third-order valence-corrected chi connectivity index (χ3v) is 9.29. The molecule has 0 unspecified atom stereocenters. The van der Waals surface area contributed by atoms with E-state index in [1.807, 2.05) is 12.1 Å². The maximum atomic E-state index is 13.3. The third-order valence-electron chi connectivity index (χ3n) is 9.29. The molecule has 0 aromatic heterocycles. The Morgan fingerprint density at radius 1 is 1.09 bits per heavy atom. The first-order valence-electron chi connectivity index (χ1n) is 16.2. The van der Waals surface area contributed by atoms with Crippen molar-refractivity contribution in [2.45, 2.75) is 76.7 Å². The third kappa shape index (κ3) is 8.44. The summed E-state index contributed by atoms with van der Waals surface area (Å²) in [5.74, 6) is 2.08. The molecule has 2 fully saturated rings. The van der Waals surface area contributed by atoms with Gasteiger partial charge in [0.25, 0.3) is 0 Å². The maximum Gasteiger partial charge on any atom is 0.225 e. The molecule has 3 aliphatic heterocycles. The van der Waals surface area contributed by atoms with Crippen molar-refractivity contribution in [2.75, 3.05) is 65.2 Å². The molecule has 0 radical (unpaired) electrons. The first-order valence-corrected chi connectivity index (χ1v) is 16.2. The van der Waals surface area contributed by atoms with Gasteiger partial charge in [0.2, 0.25) is 5.91 Å². The molecule has 0 saturated carbocycles. The Kier molecular flexibility index (Phi) is 11.4. The van der Waals surface area contributed by atoms with Crippen molar-refractivity contribution in [3.63, 3.8) is 0 Å². The molecule has 242 valence electrons. The number of hydrogen-bond acceptors (Lipinski definition) is 8. The van der Waals surface area contributed by atoms with Crippen LogP contribution in [0.25, 0.3) is 0 Å². The van der Waals surface area contributed by atoms with Gasteiger partial charge in [0.1, 0.15) is 18.1 Å². The number of rotatable bonds is 13. The average molecular weight is 610 g/mol. The minimum absolute atomic E-state index is 0.0103. The Labute approximate surface area is 262 Å². The monoisotopic (exact) mass is 609 g/mol. The highest BCUT2D eigenvalue weighted by molar-refractivity contribution is 5.82. The number of benzene rings is 2. The van der Waals surface area contributed by atoms with E-state index in [-0.39, 0.29) is 30.0 Å². The summed E-state index contributed by atoms with van der Waals surface area (Å²) >= 11 is 0. The fraction of sp³-hybridized carbons (Fsp3) is 0.629. The van der Waals surface area contributed by atoms with E-state index in [2.05, 4.69) is 59.7 Å². The largest absolute Gasteiger partial charge is 0.497 e. The summed E-state index contributed by atoms with van der Waals surface area (Å²) < 4.78 is 28.8. The van der Waals surface area contributed by atoms with Crippen LogP contribution in [0.15, 0.2) is 42.5 Å². The second-order valence-electron chi connectivity index (χ2n) is 13.0. The number of fused-ring (bicyclic) bond motifs is 1. The molecule has 0 aliphatic carbocycles. The van der Waals surface area contributed by atoms with E-state index in [1.165, 1.54) is 5.56 Å². The summed E-state index contributed by atoms with van der Waals surface area (Å²) in [5.41, 5.74) is 3.00. The normalized spacial score (nSPS) is 22.6. The van der Waals surface area contributed by atoms with E-state index in [1.54, 1.807) is 14.2 Å². The lowest BCUT2D eigenvalue weighted by Gasteiger charge is -2.40. The van der Waals surface area contributed by atoms with Gasteiger partial charge in [-0.15, -0.1) is 0 Å². The summed E-state index contributed by atoms with van der Waals surface area (Å²) in [6.07, 6.45) is 4.37. The molecule has 0 bridgehead atoms. The summed E-state index contributed by atoms with van der Waals surface area (Å²) in [4.78, 5) is 15.7. The van der Waals surface area contributed by atoms with Crippen molar-refractivity contribution in [2.24, 2.45) is 5.41 Å². The van der Waals surface area contributed by atoms with Gasteiger partial charge in [0.05, 0.1) is 32.1 Å². The number of carbonyl (C=O) groups excluding carboxylic acids is 1. The zero-order valence-electron chi connectivity index (χ0n) is 26.9. The van der Waals surface area contributed by atoms with Crippen LogP contribution in [0.5, 0.6) is 11.5 Å². The van der Waals surface area contributed by atoms with Gasteiger partial charge in [0, 0.05) is 63.4 Å². The van der Waals surface area contributed by atoms with E-state index >= 15 is 0 Å². The van der Waals surface area contributed by atoms with Crippen LogP contribution in [0.2, 0.25) is 0 Å². The molecule has 3 atom stereocenters. The van der Waals surface area contributed by atoms with Crippen LogP contribution >= 0.6 is 0 Å². The number of ether oxygens (including phenoxy) is 5. The Balaban J connectivity index is 1.25. The van der Waals surface area contributed by atoms with Crippen LogP contribution in [0.1, 0.15) is 63.0 Å². The van der Waals surface area contributed by atoms with Gasteiger partial charge in [-0.3, -0.25) is 4.79 Å². The fourth-order valence-corrected chi connectivity index (χ4v) is 6.67. The molecule has 2 N–H and O–H groups in total. The molecule has 9 nitrogen and oxygen atoms in total. The Morgan fingerprint density at radius 3 is 2.64 bits per heavy atom. The first kappa shape index (κ1) is 32.5. The van der Waals surface area contributed by atoms with Gasteiger partial charge in [-0.05, 0) is 67.5 Å². The highest BCUT2D eigenvalue weighted by Crippen LogP contribution is 2.37. The summed E-state index contributed by atoms with van der Waals surface area (Å²) in [7, 11) is 3.44. The van der Waals surface area contributed by atoms with Gasteiger partial charge < -0.3 is 39.2 Å². The molecule has 1 amide bonds. The number of carbonyl (C=O) groups is 1. The van der Waals surface area contributed by atoms with Crippen LogP contribution in [0.4, 0.5) is 5.69 Å². The summed E-state index contributed by atoms with van der Waals surface area (Å²) in [6, 6.07) is 15.1. The van der Waals surface area contributed by atoms with Crippen LogP contribution in [0.3, 0.4) is 0 Å². The van der Waals surface area contributed by atoms with Crippen molar-refractivity contribution < 1.29 is 28.5 Å². The van der Waals surface area contributed by atoms with Gasteiger partial charge >= 0.3 is 0 Å². The van der Waals surface area contributed by atoms with E-state index < -0.39 is 5.41 Å². The topological polar surface area (TPSA) is 90.5 Å². The predicted molar refractivity (Wildman–Crippen MR) is 172 cm³/mol. The molecular weight excluding hydrogens is 558 g/mol. The second-order valence-corrected chi connectivity index (χ2v) is 13.0. The van der Waals surface area contributed by atoms with Crippen LogP contribution < -0.4 is 25.0 Å². The van der Waals surface area contributed by atoms with Crippen LogP contribution in [0, 0.1) is 5.41 Å². The molecule has 2 aromatic rings. The average Bonchev–Trinajstić information content (AvgIpc) is 3.04. The standard InChI is InChI=1S/C35H51N3O6/c1-35(2,34(39)37-27-12-17-42-18-13-27)22-28-21-30(26-7-9-29(41-4)10-8-26)33(23-36-28)44-24-25-6-11-32-31(20-25)38(15-19-43-32)14-5-16-40-3/h6-11,20,27-28,30,33,36H,5,12-19,21-24H2,1-4H3,(H,37,39)/t28-,30+,33-/m0/s1. The molecule has 5 rings (SSSR count). The maximum absolute atomic E-state index is 13.3. The summed E-state index contributed by atoms with van der Waals surface area (Å²) in [5, 5.41) is 7.02. The number of piperidine rings is 1. The van der Waals surface area contributed by atoms with Crippen molar-refractivity contribution in [3.8, 4) is 11.5 Å². The SMILES string of the molecule is COCCCN1CCOc2ccc(CO[C@H]3CN[C@H](CC(C)(C)C(=O)NC4CCOCC4)C[C@@H]3c3ccc(OC)cc3)cc21. The van der Waals surface area contributed by atoms with E-state index in [0.29, 0.717) is 26.4 Å². The van der Waals surface area contributed by atoms with Gasteiger partial charge in [0.15, 0.2) is 0 Å². The number of methoxy groups -OCH3 is 2. The Bertz CT molecular complexity index is 1200. The van der Waals surface area contributed by atoms with Crippen molar-refractivity contribution >= 4 is 11.6 Å². The predicted octanol–water partition coefficient (Wildman–Crippen LogP) is 4.67. The number of amides is 1. The number of nitrogens with zero attached hydrogens (tertiary/aromatic N) is 1. The Morgan fingerprint density at radius 2 is 1.89 bits per heavy atom. The molecule has 0 spiro atoms. The quantitative estimate of drug-likeness (QED) is 0.317. The Hall–Kier alpha value is -2.85. The second kappa shape index (κ2) is 15.4. The molecule has 44 heavy (non-hydrogen) atoms. The number of anilines is 1. The molecule has 3 heterocycles. The van der Waals surface area contributed by atoms with Gasteiger partial charge in [-0.25, -0.2) is 0 Å². The fourth-order valence-electron chi connectivity index (χ4n) is 6.67. The molecule has 3 aliphatic rings. The first-order chi connectivity index (χ1) is 21.4. The molecule has 2 aromatic carbocycles.